The first-order valence-corrected chi connectivity index (χ1v) is 11.5. The lowest BCUT2D eigenvalue weighted by Gasteiger charge is -2.16. The van der Waals surface area contributed by atoms with Gasteiger partial charge in [0.05, 0.1) is 17.8 Å². The third-order valence-corrected chi connectivity index (χ3v) is 6.17. The number of rotatable bonds is 9. The molecule has 1 heterocycles. The number of benzene rings is 2. The molecule has 4 rings (SSSR count). The number of ether oxygens (including phenoxy) is 1. The van der Waals surface area contributed by atoms with Crippen LogP contribution in [0.25, 0.3) is 11.1 Å². The van der Waals surface area contributed by atoms with Crippen molar-refractivity contribution in [1.82, 2.24) is 15.1 Å². The van der Waals surface area contributed by atoms with Crippen molar-refractivity contribution in [3.63, 3.8) is 0 Å². The summed E-state index contributed by atoms with van der Waals surface area (Å²) in [6, 6.07) is 16.2. The zero-order valence-electron chi connectivity index (χ0n) is 19.6. The van der Waals surface area contributed by atoms with E-state index in [1.54, 1.807) is 13.8 Å². The maximum Gasteiger partial charge on any atom is 0.411 e. The fraction of sp³-hybridized carbons (Fsp3) is 0.308. The maximum atomic E-state index is 12.4. The summed E-state index contributed by atoms with van der Waals surface area (Å²) in [7, 11) is 0. The number of nitrogens with zero attached hydrogens (tertiary/aromatic N) is 2. The van der Waals surface area contributed by atoms with Crippen molar-refractivity contribution < 1.29 is 24.2 Å². The Kier molecular flexibility index (Phi) is 7.14. The van der Waals surface area contributed by atoms with Gasteiger partial charge in [-0.3, -0.25) is 19.6 Å². The van der Waals surface area contributed by atoms with Crippen LogP contribution in [0.15, 0.2) is 60.9 Å². The average Bonchev–Trinajstić information content (AvgIpc) is 3.39. The van der Waals surface area contributed by atoms with Gasteiger partial charge in [-0.2, -0.15) is 5.10 Å². The number of carbonyl (C=O) groups is 3. The molecule has 3 N–H and O–H groups in total. The van der Waals surface area contributed by atoms with E-state index >= 15 is 0 Å². The molecule has 1 aliphatic rings. The number of carboxylic acid groups (broad SMARTS) is 1. The Balaban J connectivity index is 1.29. The van der Waals surface area contributed by atoms with Gasteiger partial charge in [-0.1, -0.05) is 62.4 Å². The molecule has 2 amide bonds. The highest BCUT2D eigenvalue weighted by Gasteiger charge is 2.29. The molecule has 182 valence electrons. The van der Waals surface area contributed by atoms with Crippen LogP contribution in [0.4, 0.5) is 10.5 Å². The number of carboxylic acids is 1. The van der Waals surface area contributed by atoms with Crippen molar-refractivity contribution in [2.45, 2.75) is 26.3 Å². The number of hydrogen-bond donors (Lipinski definition) is 3. The van der Waals surface area contributed by atoms with Gasteiger partial charge in [-0.15, -0.1) is 0 Å². The predicted octanol–water partition coefficient (Wildman–Crippen LogP) is 3.72. The second-order valence-electron chi connectivity index (χ2n) is 8.87. The van der Waals surface area contributed by atoms with E-state index in [0.717, 1.165) is 22.3 Å². The number of anilines is 1. The Morgan fingerprint density at radius 3 is 2.29 bits per heavy atom. The molecule has 0 spiro atoms. The quantitative estimate of drug-likeness (QED) is 0.433. The lowest BCUT2D eigenvalue weighted by Crippen LogP contribution is -2.37. The van der Waals surface area contributed by atoms with Gasteiger partial charge in [0.2, 0.25) is 5.91 Å². The van der Waals surface area contributed by atoms with Crippen LogP contribution in [0.1, 0.15) is 30.9 Å². The van der Waals surface area contributed by atoms with Crippen LogP contribution in [0.5, 0.6) is 0 Å². The summed E-state index contributed by atoms with van der Waals surface area (Å²) in [5, 5.41) is 18.5. The zero-order chi connectivity index (χ0) is 24.9. The van der Waals surface area contributed by atoms with Crippen LogP contribution >= 0.6 is 0 Å². The average molecular weight is 477 g/mol. The van der Waals surface area contributed by atoms with E-state index in [0.29, 0.717) is 5.69 Å². The first kappa shape index (κ1) is 24.0. The Hall–Kier alpha value is -4.14. The molecular formula is C26H28N4O5. The number of amides is 2. The molecule has 0 radical (unpaired) electrons. The van der Waals surface area contributed by atoms with Gasteiger partial charge in [0, 0.05) is 18.7 Å². The van der Waals surface area contributed by atoms with E-state index in [4.69, 9.17) is 4.74 Å². The summed E-state index contributed by atoms with van der Waals surface area (Å²) in [4.78, 5) is 35.8. The number of aromatic nitrogens is 2. The van der Waals surface area contributed by atoms with E-state index in [9.17, 15) is 19.5 Å². The maximum absolute atomic E-state index is 12.4. The van der Waals surface area contributed by atoms with Crippen molar-refractivity contribution in [3.8, 4) is 11.1 Å². The standard InChI is InChI=1S/C26H28N4O5/c1-16(2)22(25(32)33)12-27-24(31)14-30-13-17(11-28-30)29-26(34)35-15-23-20-9-5-3-7-18(20)19-8-4-6-10-21(19)23/h3-11,13,16,22-23H,12,14-15H2,1-2H3,(H,27,31)(H,29,34)(H,32,33). The molecule has 0 saturated heterocycles. The van der Waals surface area contributed by atoms with Crippen molar-refractivity contribution in [3.05, 3.63) is 72.1 Å². The second kappa shape index (κ2) is 10.4. The van der Waals surface area contributed by atoms with E-state index in [-0.39, 0.29) is 37.4 Å². The highest BCUT2D eigenvalue weighted by molar-refractivity contribution is 5.85. The fourth-order valence-corrected chi connectivity index (χ4v) is 4.30. The minimum absolute atomic E-state index is 0.0396. The summed E-state index contributed by atoms with van der Waals surface area (Å²) in [5.74, 6) is -2.13. The van der Waals surface area contributed by atoms with E-state index in [1.807, 2.05) is 24.3 Å². The highest BCUT2D eigenvalue weighted by Crippen LogP contribution is 2.44. The molecular weight excluding hydrogens is 448 g/mol. The Labute approximate surface area is 203 Å². The van der Waals surface area contributed by atoms with Crippen molar-refractivity contribution in [2.24, 2.45) is 11.8 Å². The number of aliphatic carboxylic acids is 1. The van der Waals surface area contributed by atoms with Crippen LogP contribution in [-0.2, 0) is 20.9 Å². The topological polar surface area (TPSA) is 123 Å². The van der Waals surface area contributed by atoms with Crippen LogP contribution in [-0.4, -0.2) is 46.0 Å². The van der Waals surface area contributed by atoms with Gasteiger partial charge in [-0.25, -0.2) is 4.79 Å². The Bertz CT molecular complexity index is 1190. The van der Waals surface area contributed by atoms with Gasteiger partial charge < -0.3 is 15.2 Å². The van der Waals surface area contributed by atoms with E-state index in [1.165, 1.54) is 17.1 Å². The third-order valence-electron chi connectivity index (χ3n) is 6.17. The number of carbonyl (C=O) groups excluding carboxylic acids is 2. The second-order valence-corrected chi connectivity index (χ2v) is 8.87. The molecule has 35 heavy (non-hydrogen) atoms. The number of hydrogen-bond acceptors (Lipinski definition) is 5. The molecule has 1 unspecified atom stereocenters. The summed E-state index contributed by atoms with van der Waals surface area (Å²) in [6.45, 7) is 3.71. The molecule has 0 fully saturated rings. The minimum atomic E-state index is -0.950. The molecule has 3 aromatic rings. The molecule has 0 saturated carbocycles. The molecule has 1 aliphatic carbocycles. The first-order valence-electron chi connectivity index (χ1n) is 11.5. The number of fused-ring (bicyclic) bond motifs is 3. The Morgan fingerprint density at radius 1 is 1.06 bits per heavy atom. The smallest absolute Gasteiger partial charge is 0.411 e. The van der Waals surface area contributed by atoms with Crippen molar-refractivity contribution in [1.29, 1.82) is 0 Å². The van der Waals surface area contributed by atoms with Gasteiger partial charge >= 0.3 is 12.1 Å². The minimum Gasteiger partial charge on any atom is -0.481 e. The van der Waals surface area contributed by atoms with Crippen LogP contribution in [0.2, 0.25) is 0 Å². The van der Waals surface area contributed by atoms with Crippen molar-refractivity contribution in [2.75, 3.05) is 18.5 Å². The van der Waals surface area contributed by atoms with Gasteiger partial charge in [0.15, 0.2) is 0 Å². The summed E-state index contributed by atoms with van der Waals surface area (Å²) in [5.41, 5.74) is 4.95. The Morgan fingerprint density at radius 2 is 1.69 bits per heavy atom. The zero-order valence-corrected chi connectivity index (χ0v) is 19.6. The van der Waals surface area contributed by atoms with E-state index in [2.05, 4.69) is 40.0 Å². The number of nitrogens with one attached hydrogen (secondary N) is 2. The van der Waals surface area contributed by atoms with Crippen LogP contribution < -0.4 is 10.6 Å². The van der Waals surface area contributed by atoms with Gasteiger partial charge in [0.1, 0.15) is 13.2 Å². The molecule has 9 heteroatoms. The van der Waals surface area contributed by atoms with E-state index < -0.39 is 18.0 Å². The van der Waals surface area contributed by atoms with Gasteiger partial charge in [0.25, 0.3) is 0 Å². The van der Waals surface area contributed by atoms with Crippen LogP contribution in [0.3, 0.4) is 0 Å². The molecule has 2 aromatic carbocycles. The highest BCUT2D eigenvalue weighted by atomic mass is 16.5. The van der Waals surface area contributed by atoms with Gasteiger partial charge in [-0.05, 0) is 28.2 Å². The molecule has 9 nitrogen and oxygen atoms in total. The molecule has 1 aromatic heterocycles. The molecule has 0 bridgehead atoms. The SMILES string of the molecule is CC(C)C(CNC(=O)Cn1cc(NC(=O)OCC2c3ccccc3-c3ccccc32)cn1)C(=O)O. The normalized spacial score (nSPS) is 13.1. The summed E-state index contributed by atoms with van der Waals surface area (Å²) >= 11 is 0. The monoisotopic (exact) mass is 476 g/mol. The summed E-state index contributed by atoms with van der Waals surface area (Å²) in [6.07, 6.45) is 2.32. The summed E-state index contributed by atoms with van der Waals surface area (Å²) < 4.78 is 6.88. The largest absolute Gasteiger partial charge is 0.481 e. The third kappa shape index (κ3) is 5.51. The molecule has 1 atom stereocenters. The fourth-order valence-electron chi connectivity index (χ4n) is 4.30. The van der Waals surface area contributed by atoms with Crippen molar-refractivity contribution >= 4 is 23.7 Å². The lowest BCUT2D eigenvalue weighted by molar-refractivity contribution is -0.143. The lowest BCUT2D eigenvalue weighted by atomic mass is 9.96. The van der Waals surface area contributed by atoms with Crippen LogP contribution in [0, 0.1) is 11.8 Å². The predicted molar refractivity (Wildman–Crippen MR) is 130 cm³/mol. The molecule has 0 aliphatic heterocycles. The first-order chi connectivity index (χ1) is 16.8.